The van der Waals surface area contributed by atoms with Crippen molar-refractivity contribution in [2.24, 2.45) is 0 Å². The van der Waals surface area contributed by atoms with Crippen LogP contribution < -0.4 is 27.2 Å². The predicted octanol–water partition coefficient (Wildman–Crippen LogP) is 9.38. The van der Waals surface area contributed by atoms with Crippen molar-refractivity contribution in [2.75, 3.05) is 0 Å². The second-order valence-corrected chi connectivity index (χ2v) is 17.5. The summed E-state index contributed by atoms with van der Waals surface area (Å²) in [6, 6.07) is 51.2. The van der Waals surface area contributed by atoms with E-state index in [0.717, 1.165) is 11.3 Å². The number of hydrogen-bond acceptors (Lipinski definition) is 0. The first-order valence-electron chi connectivity index (χ1n) is 19.1. The largest absolute Gasteiger partial charge is 0.195 e. The Morgan fingerprint density at radius 1 is 0.438 bits per heavy atom. The zero-order chi connectivity index (χ0) is 33.0. The van der Waals surface area contributed by atoms with E-state index >= 15 is 0 Å². The molecule has 2 fully saturated rings. The lowest BCUT2D eigenvalue weighted by atomic mass is 9.13. The minimum atomic E-state index is -1.22. The molecule has 0 N–H and O–H groups in total. The van der Waals surface area contributed by atoms with Crippen LogP contribution in [-0.2, 0) is 12.8 Å². The molecule has 2 heteroatoms. The summed E-state index contributed by atoms with van der Waals surface area (Å²) in [5, 5.41) is 1.81. The van der Waals surface area contributed by atoms with E-state index in [1.807, 2.05) is 5.30 Å². The molecule has 5 aromatic rings. The average molecular weight is 651 g/mol. The van der Waals surface area contributed by atoms with Crippen molar-refractivity contribution < 1.29 is 0 Å². The van der Waals surface area contributed by atoms with Crippen LogP contribution in [-0.4, -0.2) is 17.5 Å². The molecular formula is C46H56BP. The highest BCUT2D eigenvalue weighted by atomic mass is 31.1. The molecule has 0 heterocycles. The van der Waals surface area contributed by atoms with E-state index in [0.29, 0.717) is 0 Å². The van der Waals surface area contributed by atoms with E-state index in [9.17, 15) is 0 Å². The molecule has 0 unspecified atom stereocenters. The molecule has 2 aliphatic rings. The summed E-state index contributed by atoms with van der Waals surface area (Å²) >= 11 is 0. The molecule has 0 bridgehead atoms. The van der Waals surface area contributed by atoms with Crippen molar-refractivity contribution >= 4 is 41.2 Å². The Bertz CT molecular complexity index is 1430. The summed E-state index contributed by atoms with van der Waals surface area (Å²) in [6.45, 7) is 4.65. The molecule has 0 spiro atoms. The van der Waals surface area contributed by atoms with Gasteiger partial charge in [-0.25, -0.2) is 0 Å². The van der Waals surface area contributed by atoms with Crippen LogP contribution in [0.5, 0.6) is 0 Å². The molecule has 0 atom stereocenters. The van der Waals surface area contributed by atoms with Gasteiger partial charge in [0, 0.05) is 7.92 Å². The van der Waals surface area contributed by atoms with Gasteiger partial charge in [0.15, 0.2) is 0 Å². The number of benzene rings is 5. The monoisotopic (exact) mass is 650 g/mol. The fraction of sp³-hybridized carbons (Fsp3) is 0.348. The van der Waals surface area contributed by atoms with Crippen molar-refractivity contribution in [1.29, 1.82) is 0 Å². The molecular weight excluding hydrogens is 594 g/mol. The van der Waals surface area contributed by atoms with Crippen LogP contribution in [0.3, 0.4) is 0 Å². The van der Waals surface area contributed by atoms with Crippen LogP contribution in [0.15, 0.2) is 140 Å². The topological polar surface area (TPSA) is 0 Å². The minimum absolute atomic E-state index is 0.387. The van der Waals surface area contributed by atoms with Gasteiger partial charge in [0.25, 0.3) is 0 Å². The predicted molar refractivity (Wildman–Crippen MR) is 217 cm³/mol. The van der Waals surface area contributed by atoms with Crippen LogP contribution in [0.1, 0.15) is 89.2 Å². The van der Waals surface area contributed by atoms with Gasteiger partial charge in [-0.1, -0.05) is 154 Å². The van der Waals surface area contributed by atoms with E-state index < -0.39 is 6.15 Å². The number of rotatable bonds is 9. The van der Waals surface area contributed by atoms with Gasteiger partial charge >= 0.3 is 0 Å². The van der Waals surface area contributed by atoms with Crippen LogP contribution >= 0.6 is 7.92 Å². The van der Waals surface area contributed by atoms with Gasteiger partial charge in [-0.2, -0.15) is 21.9 Å². The molecule has 48 heavy (non-hydrogen) atoms. The SMILES string of the molecule is CCc1cc(CC)cc([PH+](C2CCCCC2)C2CCCCC2)c1.c1ccc([B-](c2ccccc2)(c2ccccc2)c2ccccc2)cc1. The first-order chi connectivity index (χ1) is 23.7. The Labute approximate surface area is 293 Å². The zero-order valence-electron chi connectivity index (χ0n) is 29.5. The van der Waals surface area contributed by atoms with Crippen molar-refractivity contribution in [3.63, 3.8) is 0 Å². The smallest absolute Gasteiger partial charge is 0.108 e. The van der Waals surface area contributed by atoms with E-state index in [2.05, 4.69) is 153 Å². The molecule has 248 valence electrons. The molecule has 0 radical (unpaired) electrons. The van der Waals surface area contributed by atoms with Crippen molar-refractivity contribution in [2.45, 2.75) is 102 Å². The van der Waals surface area contributed by atoms with Crippen molar-refractivity contribution in [3.05, 3.63) is 151 Å². The first-order valence-corrected chi connectivity index (χ1v) is 20.8. The Hall–Kier alpha value is -3.41. The number of aryl methyl sites for hydroxylation is 2. The number of hydrogen-bond donors (Lipinski definition) is 0. The van der Waals surface area contributed by atoms with Gasteiger partial charge in [-0.05, 0) is 87.5 Å². The molecule has 2 saturated carbocycles. The Kier molecular flexibility index (Phi) is 12.4. The molecule has 0 saturated heterocycles. The molecule has 2 aliphatic carbocycles. The van der Waals surface area contributed by atoms with E-state index in [4.69, 9.17) is 0 Å². The normalized spacial score (nSPS) is 15.9. The van der Waals surface area contributed by atoms with Crippen LogP contribution in [0, 0.1) is 0 Å². The third-order valence-corrected chi connectivity index (χ3v) is 15.4. The standard InChI is InChI=1S/C24H20B.C22H35P/c1-5-13-21(14-6-1)25(22-15-7-2-8-16-22,23-17-9-3-10-18-23)24-19-11-4-12-20-24;1-3-18-15-19(4-2)17-22(16-18)23(20-11-7-5-8-12-20)21-13-9-6-10-14-21/h1-20H;15-17,20-21H,3-14H2,1-2H3/q-1;/p+1. The zero-order valence-corrected chi connectivity index (χ0v) is 30.5. The fourth-order valence-corrected chi connectivity index (χ4v) is 13.5. The third kappa shape index (κ3) is 7.90. The Morgan fingerprint density at radius 3 is 1.04 bits per heavy atom. The minimum Gasteiger partial charge on any atom is -0.195 e. The lowest BCUT2D eigenvalue weighted by molar-refractivity contribution is 0.487. The first kappa shape index (κ1) is 34.5. The third-order valence-electron chi connectivity index (χ3n) is 11.5. The maximum atomic E-state index is 2.62. The Morgan fingerprint density at radius 2 is 0.750 bits per heavy atom. The van der Waals surface area contributed by atoms with Crippen LogP contribution in [0.25, 0.3) is 0 Å². The van der Waals surface area contributed by atoms with E-state index in [1.165, 1.54) is 98.9 Å². The average Bonchev–Trinajstić information content (AvgIpc) is 3.18. The fourth-order valence-electron chi connectivity index (χ4n) is 9.09. The van der Waals surface area contributed by atoms with Crippen molar-refractivity contribution in [1.82, 2.24) is 0 Å². The van der Waals surface area contributed by atoms with Gasteiger partial charge in [-0.15, -0.1) is 0 Å². The molecule has 0 nitrogen and oxygen atoms in total. The highest BCUT2D eigenvalue weighted by molar-refractivity contribution is 7.67. The lowest BCUT2D eigenvalue weighted by Crippen LogP contribution is -2.74. The van der Waals surface area contributed by atoms with E-state index in [-0.39, 0.29) is 7.92 Å². The van der Waals surface area contributed by atoms with Gasteiger partial charge in [0.2, 0.25) is 0 Å². The van der Waals surface area contributed by atoms with Gasteiger partial charge in [-0.3, -0.25) is 0 Å². The second-order valence-electron chi connectivity index (χ2n) is 14.4. The van der Waals surface area contributed by atoms with Gasteiger partial charge < -0.3 is 0 Å². The van der Waals surface area contributed by atoms with Gasteiger partial charge in [0.05, 0.1) is 16.6 Å². The van der Waals surface area contributed by atoms with E-state index in [1.54, 1.807) is 11.1 Å². The summed E-state index contributed by atoms with van der Waals surface area (Å²) in [5.74, 6) is 0. The van der Waals surface area contributed by atoms with Crippen molar-refractivity contribution in [3.8, 4) is 0 Å². The van der Waals surface area contributed by atoms with Crippen LogP contribution in [0.4, 0.5) is 0 Å². The molecule has 0 aliphatic heterocycles. The molecule has 5 aromatic carbocycles. The second kappa shape index (κ2) is 17.3. The quantitative estimate of drug-likeness (QED) is 0.110. The highest BCUT2D eigenvalue weighted by Crippen LogP contribution is 2.55. The Balaban J connectivity index is 0.000000168. The lowest BCUT2D eigenvalue weighted by Gasteiger charge is -2.44. The summed E-state index contributed by atoms with van der Waals surface area (Å²) in [6.07, 6.45) is 16.3. The maximum absolute atomic E-state index is 2.62. The summed E-state index contributed by atoms with van der Waals surface area (Å²) < 4.78 is 0. The summed E-state index contributed by atoms with van der Waals surface area (Å²) in [4.78, 5) is 0. The molecule has 0 amide bonds. The van der Waals surface area contributed by atoms with Gasteiger partial charge in [0.1, 0.15) is 6.15 Å². The maximum Gasteiger partial charge on any atom is 0.108 e. The molecule has 0 aromatic heterocycles. The summed E-state index contributed by atoms with van der Waals surface area (Å²) in [5.41, 5.74) is 10.7. The summed E-state index contributed by atoms with van der Waals surface area (Å²) in [7, 11) is -0.387. The van der Waals surface area contributed by atoms with Crippen LogP contribution in [0.2, 0.25) is 0 Å². The highest BCUT2D eigenvalue weighted by Gasteiger charge is 2.39. The molecule has 7 rings (SSSR count).